The van der Waals surface area contributed by atoms with E-state index in [2.05, 4.69) is 60.1 Å². The Hall–Kier alpha value is -0.830. The predicted molar refractivity (Wildman–Crippen MR) is 78.1 cm³/mol. The Morgan fingerprint density at radius 2 is 1.88 bits per heavy atom. The topological polar surface area (TPSA) is 12.0 Å². The highest BCUT2D eigenvalue weighted by molar-refractivity contribution is 7.10. The van der Waals surface area contributed by atoms with E-state index in [-0.39, 0.29) is 12.4 Å². The summed E-state index contributed by atoms with van der Waals surface area (Å²) in [5.41, 5.74) is 1.39. The molecule has 0 saturated heterocycles. The van der Waals surface area contributed by atoms with E-state index in [4.69, 9.17) is 0 Å². The first-order chi connectivity index (χ1) is 7.90. The van der Waals surface area contributed by atoms with Crippen LogP contribution in [0.5, 0.6) is 0 Å². The van der Waals surface area contributed by atoms with E-state index >= 15 is 0 Å². The molecule has 0 aliphatic heterocycles. The van der Waals surface area contributed by atoms with Crippen LogP contribution in [0.1, 0.15) is 23.4 Å². The minimum atomic E-state index is 0. The van der Waals surface area contributed by atoms with Gasteiger partial charge >= 0.3 is 0 Å². The van der Waals surface area contributed by atoms with Crippen molar-refractivity contribution < 1.29 is 0 Å². The first-order valence-electron chi connectivity index (χ1n) is 5.71. The molecule has 1 aromatic heterocycles. The highest BCUT2D eigenvalue weighted by atomic mass is 35.5. The van der Waals surface area contributed by atoms with E-state index in [0.29, 0.717) is 6.04 Å². The molecule has 0 saturated carbocycles. The van der Waals surface area contributed by atoms with Crippen molar-refractivity contribution in [3.05, 3.63) is 58.3 Å². The second-order valence-corrected chi connectivity index (χ2v) is 4.79. The Bertz CT molecular complexity index is 399. The summed E-state index contributed by atoms with van der Waals surface area (Å²) in [7, 11) is 0. The molecule has 0 aliphatic carbocycles. The van der Waals surface area contributed by atoms with E-state index in [0.717, 1.165) is 13.0 Å². The van der Waals surface area contributed by atoms with Gasteiger partial charge < -0.3 is 5.32 Å². The van der Waals surface area contributed by atoms with Crippen LogP contribution >= 0.6 is 23.7 Å². The van der Waals surface area contributed by atoms with Gasteiger partial charge in [0.15, 0.2) is 0 Å². The number of benzene rings is 1. The fraction of sp³-hybridized carbons (Fsp3) is 0.286. The van der Waals surface area contributed by atoms with Crippen LogP contribution in [-0.4, -0.2) is 6.54 Å². The van der Waals surface area contributed by atoms with Gasteiger partial charge in [0, 0.05) is 10.9 Å². The lowest BCUT2D eigenvalue weighted by Gasteiger charge is -2.16. The standard InChI is InChI=1S/C14H17NS.ClH/c1-2-15-13(14-9-6-10-16-14)11-12-7-4-3-5-8-12;/h3-10,13,15H,2,11H2,1H3;1H. The maximum absolute atomic E-state index is 3.54. The SMILES string of the molecule is CCNC(Cc1ccccc1)c1cccs1.Cl. The van der Waals surface area contributed by atoms with E-state index in [1.165, 1.54) is 10.4 Å². The average Bonchev–Trinajstić information content (AvgIpc) is 2.83. The number of halogens is 1. The number of thiophene rings is 1. The Morgan fingerprint density at radius 3 is 2.47 bits per heavy atom. The van der Waals surface area contributed by atoms with Crippen molar-refractivity contribution >= 4 is 23.7 Å². The summed E-state index contributed by atoms with van der Waals surface area (Å²) in [5, 5.41) is 5.69. The van der Waals surface area contributed by atoms with E-state index in [1.54, 1.807) is 0 Å². The lowest BCUT2D eigenvalue weighted by molar-refractivity contribution is 0.558. The highest BCUT2D eigenvalue weighted by Crippen LogP contribution is 2.22. The van der Waals surface area contributed by atoms with Crippen LogP contribution in [0.15, 0.2) is 47.8 Å². The Morgan fingerprint density at radius 1 is 1.12 bits per heavy atom. The normalized spacial score (nSPS) is 11.8. The van der Waals surface area contributed by atoms with Gasteiger partial charge in [-0.25, -0.2) is 0 Å². The molecule has 0 radical (unpaired) electrons. The van der Waals surface area contributed by atoms with Crippen molar-refractivity contribution in [1.29, 1.82) is 0 Å². The second kappa shape index (κ2) is 7.49. The minimum absolute atomic E-state index is 0. The second-order valence-electron chi connectivity index (χ2n) is 3.82. The fourth-order valence-corrected chi connectivity index (χ4v) is 2.66. The van der Waals surface area contributed by atoms with Gasteiger partial charge in [-0.15, -0.1) is 23.7 Å². The summed E-state index contributed by atoms with van der Waals surface area (Å²) in [6.45, 7) is 3.17. The first kappa shape index (κ1) is 14.2. The molecule has 0 amide bonds. The molecule has 2 rings (SSSR count). The zero-order valence-corrected chi connectivity index (χ0v) is 11.6. The molecular weight excluding hydrogens is 250 g/mol. The lowest BCUT2D eigenvalue weighted by atomic mass is 10.0. The highest BCUT2D eigenvalue weighted by Gasteiger charge is 2.11. The number of likely N-dealkylation sites (N-methyl/N-ethyl adjacent to an activating group) is 1. The van der Waals surface area contributed by atoms with Crippen molar-refractivity contribution in [3.8, 4) is 0 Å². The Labute approximate surface area is 113 Å². The zero-order chi connectivity index (χ0) is 11.2. The molecular formula is C14H18ClNS. The van der Waals surface area contributed by atoms with Gasteiger partial charge in [0.2, 0.25) is 0 Å². The lowest BCUT2D eigenvalue weighted by Crippen LogP contribution is -2.21. The smallest absolute Gasteiger partial charge is 0.0455 e. The van der Waals surface area contributed by atoms with E-state index < -0.39 is 0 Å². The Balaban J connectivity index is 0.00000144. The van der Waals surface area contributed by atoms with E-state index in [9.17, 15) is 0 Å². The molecule has 1 atom stereocenters. The molecule has 17 heavy (non-hydrogen) atoms. The van der Waals surface area contributed by atoms with Crippen molar-refractivity contribution in [1.82, 2.24) is 5.32 Å². The van der Waals surface area contributed by atoms with Crippen molar-refractivity contribution in [2.24, 2.45) is 0 Å². The van der Waals surface area contributed by atoms with Crippen LogP contribution in [-0.2, 0) is 6.42 Å². The van der Waals surface area contributed by atoms with Gasteiger partial charge in [-0.05, 0) is 30.0 Å². The molecule has 1 heterocycles. The molecule has 1 unspecified atom stereocenters. The average molecular weight is 268 g/mol. The number of nitrogens with one attached hydrogen (secondary N) is 1. The molecule has 92 valence electrons. The van der Waals surface area contributed by atoms with E-state index in [1.807, 2.05) is 11.3 Å². The molecule has 1 aromatic carbocycles. The molecule has 0 fully saturated rings. The summed E-state index contributed by atoms with van der Waals surface area (Å²) >= 11 is 1.83. The summed E-state index contributed by atoms with van der Waals surface area (Å²) in [5.74, 6) is 0. The van der Waals surface area contributed by atoms with Gasteiger partial charge in [-0.2, -0.15) is 0 Å². The maximum atomic E-state index is 3.54. The Kier molecular flexibility index (Phi) is 6.27. The molecule has 2 aromatic rings. The molecule has 0 aliphatic rings. The third-order valence-electron chi connectivity index (χ3n) is 2.62. The van der Waals surface area contributed by atoms with Gasteiger partial charge in [0.25, 0.3) is 0 Å². The molecule has 0 spiro atoms. The van der Waals surface area contributed by atoms with Crippen LogP contribution < -0.4 is 5.32 Å². The number of hydrogen-bond acceptors (Lipinski definition) is 2. The zero-order valence-electron chi connectivity index (χ0n) is 9.93. The monoisotopic (exact) mass is 267 g/mol. The van der Waals surface area contributed by atoms with Gasteiger partial charge in [0.1, 0.15) is 0 Å². The molecule has 3 heteroatoms. The predicted octanol–water partition coefficient (Wildman–Crippen LogP) is 4.06. The molecule has 1 N–H and O–H groups in total. The van der Waals surface area contributed by atoms with Crippen LogP contribution in [0.25, 0.3) is 0 Å². The first-order valence-corrected chi connectivity index (χ1v) is 6.59. The van der Waals surface area contributed by atoms with Gasteiger partial charge in [-0.3, -0.25) is 0 Å². The van der Waals surface area contributed by atoms with Gasteiger partial charge in [0.05, 0.1) is 0 Å². The largest absolute Gasteiger partial charge is 0.309 e. The van der Waals surface area contributed by atoms with Crippen LogP contribution in [0.3, 0.4) is 0 Å². The number of rotatable bonds is 5. The summed E-state index contributed by atoms with van der Waals surface area (Å²) in [6, 6.07) is 15.4. The molecule has 1 nitrogen and oxygen atoms in total. The van der Waals surface area contributed by atoms with Crippen molar-refractivity contribution in [3.63, 3.8) is 0 Å². The minimum Gasteiger partial charge on any atom is -0.309 e. The maximum Gasteiger partial charge on any atom is 0.0455 e. The van der Waals surface area contributed by atoms with Crippen LogP contribution in [0.2, 0.25) is 0 Å². The summed E-state index contributed by atoms with van der Waals surface area (Å²) in [4.78, 5) is 1.42. The van der Waals surface area contributed by atoms with Gasteiger partial charge in [-0.1, -0.05) is 43.3 Å². The quantitative estimate of drug-likeness (QED) is 0.861. The van der Waals surface area contributed by atoms with Crippen molar-refractivity contribution in [2.75, 3.05) is 6.54 Å². The fourth-order valence-electron chi connectivity index (χ4n) is 1.86. The third kappa shape index (κ3) is 4.15. The van der Waals surface area contributed by atoms with Crippen molar-refractivity contribution in [2.45, 2.75) is 19.4 Å². The number of hydrogen-bond donors (Lipinski definition) is 1. The van der Waals surface area contributed by atoms with Crippen LogP contribution in [0.4, 0.5) is 0 Å². The van der Waals surface area contributed by atoms with Crippen LogP contribution in [0, 0.1) is 0 Å². The molecule has 0 bridgehead atoms. The summed E-state index contributed by atoms with van der Waals surface area (Å²) in [6.07, 6.45) is 1.06. The summed E-state index contributed by atoms with van der Waals surface area (Å²) < 4.78 is 0. The third-order valence-corrected chi connectivity index (χ3v) is 3.61.